The van der Waals surface area contributed by atoms with Crippen molar-refractivity contribution in [3.8, 4) is 5.75 Å². The summed E-state index contributed by atoms with van der Waals surface area (Å²) in [6.07, 6.45) is 2.40. The molecule has 0 saturated heterocycles. The Morgan fingerprint density at radius 3 is 2.85 bits per heavy atom. The summed E-state index contributed by atoms with van der Waals surface area (Å²) in [5.74, 6) is -0.312. The van der Waals surface area contributed by atoms with E-state index in [2.05, 4.69) is 9.97 Å². The molecule has 0 fully saturated rings. The molecule has 2 aromatic heterocycles. The number of amides is 1. The van der Waals surface area contributed by atoms with Crippen molar-refractivity contribution < 1.29 is 14.3 Å². The van der Waals surface area contributed by atoms with Gasteiger partial charge in [-0.25, -0.2) is 9.97 Å². The Labute approximate surface area is 150 Å². The molecule has 6 nitrogen and oxygen atoms in total. The van der Waals surface area contributed by atoms with Crippen molar-refractivity contribution in [1.29, 1.82) is 0 Å². The lowest BCUT2D eigenvalue weighted by Crippen LogP contribution is -2.36. The molecule has 3 heterocycles. The summed E-state index contributed by atoms with van der Waals surface area (Å²) in [5, 5.41) is 0.959. The molecule has 4 rings (SSSR count). The number of para-hydroxylation sites is 1. The van der Waals surface area contributed by atoms with Gasteiger partial charge in [0.15, 0.2) is 5.65 Å². The molecule has 1 aromatic carbocycles. The average molecular weight is 347 g/mol. The zero-order chi connectivity index (χ0) is 18.1. The number of carbonyl (C=O) groups is 2. The SMILES string of the molecule is CC(=O)Oc1ccccc1C(=O)N1CCc2nc3ncccc3cc2C1. The van der Waals surface area contributed by atoms with E-state index in [1.165, 1.54) is 6.92 Å². The van der Waals surface area contributed by atoms with E-state index >= 15 is 0 Å². The first-order valence-corrected chi connectivity index (χ1v) is 8.42. The lowest BCUT2D eigenvalue weighted by atomic mass is 10.0. The monoisotopic (exact) mass is 347 g/mol. The van der Waals surface area contributed by atoms with Gasteiger partial charge >= 0.3 is 5.97 Å². The number of fused-ring (bicyclic) bond motifs is 2. The Morgan fingerprint density at radius 2 is 2.00 bits per heavy atom. The first kappa shape index (κ1) is 16.2. The van der Waals surface area contributed by atoms with E-state index in [-0.39, 0.29) is 11.7 Å². The third-order valence-corrected chi connectivity index (χ3v) is 4.40. The van der Waals surface area contributed by atoms with Gasteiger partial charge in [0, 0.05) is 43.7 Å². The highest BCUT2D eigenvalue weighted by atomic mass is 16.5. The van der Waals surface area contributed by atoms with Crippen LogP contribution in [0.1, 0.15) is 28.5 Å². The molecule has 0 aliphatic carbocycles. The van der Waals surface area contributed by atoms with E-state index in [0.29, 0.717) is 25.1 Å². The maximum atomic E-state index is 13.0. The minimum Gasteiger partial charge on any atom is -0.426 e. The van der Waals surface area contributed by atoms with Crippen LogP contribution in [0.2, 0.25) is 0 Å². The Hall–Kier alpha value is -3.28. The molecule has 1 amide bonds. The highest BCUT2D eigenvalue weighted by Crippen LogP contribution is 2.25. The number of hydrogen-bond donors (Lipinski definition) is 0. The number of hydrogen-bond acceptors (Lipinski definition) is 5. The van der Waals surface area contributed by atoms with Crippen LogP contribution in [0.25, 0.3) is 11.0 Å². The number of pyridine rings is 2. The van der Waals surface area contributed by atoms with Crippen molar-refractivity contribution in [2.45, 2.75) is 19.9 Å². The molecule has 0 unspecified atom stereocenters. The molecule has 0 spiro atoms. The van der Waals surface area contributed by atoms with Gasteiger partial charge in [0.05, 0.1) is 5.56 Å². The minimum absolute atomic E-state index is 0.154. The summed E-state index contributed by atoms with van der Waals surface area (Å²) in [5.41, 5.74) is 3.12. The summed E-state index contributed by atoms with van der Waals surface area (Å²) in [4.78, 5) is 34.9. The third-order valence-electron chi connectivity index (χ3n) is 4.40. The Bertz CT molecular complexity index is 1020. The average Bonchev–Trinajstić information content (AvgIpc) is 2.65. The van der Waals surface area contributed by atoms with Crippen molar-refractivity contribution in [2.24, 2.45) is 0 Å². The quantitative estimate of drug-likeness (QED) is 0.526. The van der Waals surface area contributed by atoms with Gasteiger partial charge in [0.2, 0.25) is 0 Å². The van der Waals surface area contributed by atoms with Crippen molar-refractivity contribution in [3.63, 3.8) is 0 Å². The summed E-state index contributed by atoms with van der Waals surface area (Å²) in [6, 6.07) is 12.7. The van der Waals surface area contributed by atoms with Crippen LogP contribution in [0, 0.1) is 0 Å². The lowest BCUT2D eigenvalue weighted by Gasteiger charge is -2.29. The van der Waals surface area contributed by atoms with Crippen LogP contribution in [0.3, 0.4) is 0 Å². The predicted octanol–water partition coefficient (Wildman–Crippen LogP) is 2.75. The minimum atomic E-state index is -0.447. The van der Waals surface area contributed by atoms with E-state index in [1.807, 2.05) is 18.2 Å². The zero-order valence-electron chi connectivity index (χ0n) is 14.3. The second-order valence-corrected chi connectivity index (χ2v) is 6.21. The van der Waals surface area contributed by atoms with Gasteiger partial charge in [0.1, 0.15) is 5.75 Å². The van der Waals surface area contributed by atoms with Gasteiger partial charge in [-0.2, -0.15) is 0 Å². The van der Waals surface area contributed by atoms with Crippen molar-refractivity contribution in [2.75, 3.05) is 6.54 Å². The molecule has 0 saturated carbocycles. The Balaban J connectivity index is 1.64. The van der Waals surface area contributed by atoms with E-state index in [0.717, 1.165) is 22.3 Å². The standard InChI is InChI=1S/C20H17N3O3/c1-13(24)26-18-7-3-2-6-16(18)20(25)23-10-8-17-15(12-23)11-14-5-4-9-21-19(14)22-17/h2-7,9,11H,8,10,12H2,1H3. The van der Waals surface area contributed by atoms with Crippen molar-refractivity contribution in [3.05, 3.63) is 65.5 Å². The smallest absolute Gasteiger partial charge is 0.308 e. The van der Waals surface area contributed by atoms with Crippen LogP contribution in [0.4, 0.5) is 0 Å². The molecule has 130 valence electrons. The van der Waals surface area contributed by atoms with Crippen LogP contribution in [-0.2, 0) is 17.8 Å². The fraction of sp³-hybridized carbons (Fsp3) is 0.200. The topological polar surface area (TPSA) is 72.4 Å². The summed E-state index contributed by atoms with van der Waals surface area (Å²) in [7, 11) is 0. The molecule has 0 radical (unpaired) electrons. The number of aromatic nitrogens is 2. The van der Waals surface area contributed by atoms with Gasteiger partial charge < -0.3 is 9.64 Å². The molecule has 3 aromatic rings. The van der Waals surface area contributed by atoms with E-state index in [9.17, 15) is 9.59 Å². The van der Waals surface area contributed by atoms with Gasteiger partial charge in [-0.05, 0) is 35.9 Å². The normalized spacial score (nSPS) is 13.3. The molecule has 0 bridgehead atoms. The number of rotatable bonds is 2. The van der Waals surface area contributed by atoms with E-state index in [1.54, 1.807) is 35.4 Å². The number of benzene rings is 1. The number of carbonyl (C=O) groups excluding carboxylic acids is 2. The van der Waals surface area contributed by atoms with Crippen LogP contribution >= 0.6 is 0 Å². The largest absolute Gasteiger partial charge is 0.426 e. The second kappa shape index (κ2) is 6.55. The fourth-order valence-corrected chi connectivity index (χ4v) is 3.20. The van der Waals surface area contributed by atoms with E-state index < -0.39 is 5.97 Å². The molecule has 26 heavy (non-hydrogen) atoms. The van der Waals surface area contributed by atoms with Crippen LogP contribution < -0.4 is 4.74 Å². The van der Waals surface area contributed by atoms with Gasteiger partial charge in [-0.1, -0.05) is 12.1 Å². The summed E-state index contributed by atoms with van der Waals surface area (Å²) >= 11 is 0. The maximum absolute atomic E-state index is 13.0. The number of nitrogens with zero attached hydrogens (tertiary/aromatic N) is 3. The third kappa shape index (κ3) is 3.01. The number of ether oxygens (including phenoxy) is 1. The Morgan fingerprint density at radius 1 is 1.15 bits per heavy atom. The van der Waals surface area contributed by atoms with Gasteiger partial charge in [-0.3, -0.25) is 9.59 Å². The molecular weight excluding hydrogens is 330 g/mol. The Kier molecular flexibility index (Phi) is 4.08. The van der Waals surface area contributed by atoms with Gasteiger partial charge in [0.25, 0.3) is 5.91 Å². The summed E-state index contributed by atoms with van der Waals surface area (Å²) in [6.45, 7) is 2.36. The highest BCUT2D eigenvalue weighted by Gasteiger charge is 2.25. The first-order valence-electron chi connectivity index (χ1n) is 8.42. The van der Waals surface area contributed by atoms with Crippen molar-refractivity contribution in [1.82, 2.24) is 14.9 Å². The molecule has 0 atom stereocenters. The second-order valence-electron chi connectivity index (χ2n) is 6.21. The zero-order valence-corrected chi connectivity index (χ0v) is 14.3. The van der Waals surface area contributed by atoms with E-state index in [4.69, 9.17) is 4.74 Å². The molecule has 1 aliphatic heterocycles. The highest BCUT2D eigenvalue weighted by molar-refractivity contribution is 5.97. The lowest BCUT2D eigenvalue weighted by molar-refractivity contribution is -0.131. The number of esters is 1. The van der Waals surface area contributed by atoms with Gasteiger partial charge in [-0.15, -0.1) is 0 Å². The predicted molar refractivity (Wildman–Crippen MR) is 95.7 cm³/mol. The molecular formula is C20H17N3O3. The molecule has 1 aliphatic rings. The summed E-state index contributed by atoms with van der Waals surface area (Å²) < 4.78 is 5.18. The van der Waals surface area contributed by atoms with Crippen LogP contribution in [0.5, 0.6) is 5.75 Å². The molecule has 0 N–H and O–H groups in total. The van der Waals surface area contributed by atoms with Crippen molar-refractivity contribution >= 4 is 22.9 Å². The van der Waals surface area contributed by atoms with Crippen LogP contribution in [-0.4, -0.2) is 33.3 Å². The first-order chi connectivity index (χ1) is 12.6. The molecule has 6 heteroatoms. The van der Waals surface area contributed by atoms with Crippen LogP contribution in [0.15, 0.2) is 48.7 Å². The maximum Gasteiger partial charge on any atom is 0.308 e. The fourth-order valence-electron chi connectivity index (χ4n) is 3.20.